The van der Waals surface area contributed by atoms with Crippen LogP contribution in [0.3, 0.4) is 0 Å². The molecular weight excluding hydrogens is 319 g/mol. The first-order valence-electron chi connectivity index (χ1n) is 6.63. The minimum Gasteiger partial charge on any atom is -0.378 e. The van der Waals surface area contributed by atoms with Crippen LogP contribution in [-0.2, 0) is 13.6 Å². The van der Waals surface area contributed by atoms with Crippen molar-refractivity contribution in [2.45, 2.75) is 6.54 Å². The highest BCUT2D eigenvalue weighted by molar-refractivity contribution is 6.41. The molecule has 1 aromatic carbocycles. The van der Waals surface area contributed by atoms with Gasteiger partial charge in [0.2, 0.25) is 0 Å². The first-order chi connectivity index (χ1) is 10.6. The molecule has 2 heterocycles. The van der Waals surface area contributed by atoms with Gasteiger partial charge < -0.3 is 9.88 Å². The molecule has 3 aromatic rings. The predicted octanol–water partition coefficient (Wildman–Crippen LogP) is 4.36. The van der Waals surface area contributed by atoms with Crippen molar-refractivity contribution in [2.75, 3.05) is 5.32 Å². The number of benzene rings is 1. The Morgan fingerprint density at radius 3 is 2.77 bits per heavy atom. The standard InChI is InChI=1S/C16H12Cl2N4/c1-22-11(6-13(17)16(22)18)9-21-15-10(7-19)8-20-14-5-3-2-4-12(14)15/h2-6,8H,9H2,1H3,(H,20,21). The zero-order chi connectivity index (χ0) is 15.7. The fourth-order valence-corrected chi connectivity index (χ4v) is 2.77. The third-order valence-electron chi connectivity index (χ3n) is 3.56. The summed E-state index contributed by atoms with van der Waals surface area (Å²) in [6.07, 6.45) is 1.58. The van der Waals surface area contributed by atoms with Gasteiger partial charge >= 0.3 is 0 Å². The van der Waals surface area contributed by atoms with Crippen molar-refractivity contribution >= 4 is 39.8 Å². The van der Waals surface area contributed by atoms with E-state index in [0.29, 0.717) is 22.3 Å². The number of pyridine rings is 1. The van der Waals surface area contributed by atoms with Crippen molar-refractivity contribution in [3.05, 3.63) is 58.0 Å². The molecule has 0 unspecified atom stereocenters. The molecule has 3 rings (SSSR count). The summed E-state index contributed by atoms with van der Waals surface area (Å²) in [5, 5.41) is 14.5. The monoisotopic (exact) mass is 330 g/mol. The number of halogens is 2. The zero-order valence-electron chi connectivity index (χ0n) is 11.8. The number of nitriles is 1. The van der Waals surface area contributed by atoms with E-state index < -0.39 is 0 Å². The van der Waals surface area contributed by atoms with Crippen molar-refractivity contribution in [1.82, 2.24) is 9.55 Å². The molecule has 0 spiro atoms. The summed E-state index contributed by atoms with van der Waals surface area (Å²) < 4.78 is 1.81. The highest BCUT2D eigenvalue weighted by Gasteiger charge is 2.11. The third-order valence-corrected chi connectivity index (χ3v) is 4.40. The van der Waals surface area contributed by atoms with E-state index in [4.69, 9.17) is 23.2 Å². The lowest BCUT2D eigenvalue weighted by Gasteiger charge is -2.12. The van der Waals surface area contributed by atoms with E-state index in [0.717, 1.165) is 22.3 Å². The summed E-state index contributed by atoms with van der Waals surface area (Å²) in [6.45, 7) is 0.506. The van der Waals surface area contributed by atoms with E-state index in [1.165, 1.54) is 0 Å². The van der Waals surface area contributed by atoms with Crippen LogP contribution in [0, 0.1) is 11.3 Å². The van der Waals surface area contributed by atoms with Gasteiger partial charge in [-0.05, 0) is 12.1 Å². The minimum atomic E-state index is 0.499. The topological polar surface area (TPSA) is 53.6 Å². The third kappa shape index (κ3) is 2.50. The van der Waals surface area contributed by atoms with Crippen molar-refractivity contribution in [1.29, 1.82) is 5.26 Å². The lowest BCUT2D eigenvalue weighted by molar-refractivity contribution is 0.843. The fourth-order valence-electron chi connectivity index (χ4n) is 2.35. The first-order valence-corrected chi connectivity index (χ1v) is 7.38. The van der Waals surface area contributed by atoms with Crippen LogP contribution >= 0.6 is 23.2 Å². The largest absolute Gasteiger partial charge is 0.378 e. The van der Waals surface area contributed by atoms with Crippen LogP contribution in [0.4, 0.5) is 5.69 Å². The average Bonchev–Trinajstić information content (AvgIpc) is 2.79. The molecule has 6 heteroatoms. The van der Waals surface area contributed by atoms with Gasteiger partial charge in [0, 0.05) is 24.3 Å². The smallest absolute Gasteiger partial charge is 0.127 e. The van der Waals surface area contributed by atoms with E-state index in [9.17, 15) is 5.26 Å². The number of anilines is 1. The quantitative estimate of drug-likeness (QED) is 0.776. The Morgan fingerprint density at radius 1 is 1.32 bits per heavy atom. The van der Waals surface area contributed by atoms with Crippen LogP contribution in [0.25, 0.3) is 10.9 Å². The Bertz CT molecular complexity index is 893. The molecule has 0 aliphatic heterocycles. The number of para-hydroxylation sites is 1. The van der Waals surface area contributed by atoms with Gasteiger partial charge in [-0.25, -0.2) is 0 Å². The summed E-state index contributed by atoms with van der Waals surface area (Å²) >= 11 is 12.1. The second-order valence-electron chi connectivity index (χ2n) is 4.86. The Balaban J connectivity index is 2.00. The average molecular weight is 331 g/mol. The summed E-state index contributed by atoms with van der Waals surface area (Å²) in [5.41, 5.74) is 3.04. The number of rotatable bonds is 3. The van der Waals surface area contributed by atoms with Gasteiger partial charge in [0.1, 0.15) is 11.2 Å². The highest BCUT2D eigenvalue weighted by atomic mass is 35.5. The lowest BCUT2D eigenvalue weighted by atomic mass is 10.1. The van der Waals surface area contributed by atoms with Gasteiger partial charge in [-0.2, -0.15) is 5.26 Å². The lowest BCUT2D eigenvalue weighted by Crippen LogP contribution is -2.06. The van der Waals surface area contributed by atoms with E-state index >= 15 is 0 Å². The van der Waals surface area contributed by atoms with E-state index in [1.807, 2.05) is 41.9 Å². The number of aromatic nitrogens is 2. The molecule has 1 N–H and O–H groups in total. The Kier molecular flexibility index (Phi) is 3.93. The van der Waals surface area contributed by atoms with Gasteiger partial charge in [0.05, 0.1) is 28.3 Å². The second kappa shape index (κ2) is 5.88. The highest BCUT2D eigenvalue weighted by Crippen LogP contribution is 2.28. The van der Waals surface area contributed by atoms with Crippen molar-refractivity contribution in [2.24, 2.45) is 7.05 Å². The van der Waals surface area contributed by atoms with Gasteiger partial charge in [0.15, 0.2) is 0 Å². The summed E-state index contributed by atoms with van der Waals surface area (Å²) in [4.78, 5) is 4.29. The van der Waals surface area contributed by atoms with Crippen molar-refractivity contribution in [3.63, 3.8) is 0 Å². The maximum absolute atomic E-state index is 9.30. The van der Waals surface area contributed by atoms with Gasteiger partial charge in [-0.1, -0.05) is 41.4 Å². The molecule has 0 saturated heterocycles. The molecule has 0 aliphatic carbocycles. The van der Waals surface area contributed by atoms with Crippen molar-refractivity contribution in [3.8, 4) is 6.07 Å². The molecule has 0 fully saturated rings. The summed E-state index contributed by atoms with van der Waals surface area (Å²) in [7, 11) is 1.85. The minimum absolute atomic E-state index is 0.499. The molecule has 22 heavy (non-hydrogen) atoms. The van der Waals surface area contributed by atoms with Crippen molar-refractivity contribution < 1.29 is 0 Å². The molecule has 0 radical (unpaired) electrons. The number of hydrogen-bond donors (Lipinski definition) is 1. The number of nitrogens with zero attached hydrogens (tertiary/aromatic N) is 3. The molecule has 4 nitrogen and oxygen atoms in total. The Labute approximate surface area is 137 Å². The molecule has 0 atom stereocenters. The van der Waals surface area contributed by atoms with E-state index in [2.05, 4.69) is 16.4 Å². The normalized spacial score (nSPS) is 10.6. The maximum Gasteiger partial charge on any atom is 0.127 e. The van der Waals surface area contributed by atoms with Gasteiger partial charge in [-0.15, -0.1) is 0 Å². The summed E-state index contributed by atoms with van der Waals surface area (Å²) in [6, 6.07) is 11.7. The molecule has 110 valence electrons. The number of hydrogen-bond acceptors (Lipinski definition) is 3. The van der Waals surface area contributed by atoms with E-state index in [1.54, 1.807) is 6.20 Å². The predicted molar refractivity (Wildman–Crippen MR) is 89.2 cm³/mol. The molecule has 0 bridgehead atoms. The Morgan fingerprint density at radius 2 is 2.09 bits per heavy atom. The molecule has 0 aliphatic rings. The first kappa shape index (κ1) is 14.7. The fraction of sp³-hybridized carbons (Fsp3) is 0.125. The van der Waals surface area contributed by atoms with E-state index in [-0.39, 0.29) is 0 Å². The second-order valence-corrected chi connectivity index (χ2v) is 5.63. The van der Waals surface area contributed by atoms with Crippen LogP contribution in [-0.4, -0.2) is 9.55 Å². The SMILES string of the molecule is Cn1c(CNc2c(C#N)cnc3ccccc23)cc(Cl)c1Cl. The number of fused-ring (bicyclic) bond motifs is 1. The molecular formula is C16H12Cl2N4. The molecule has 0 amide bonds. The Hall–Kier alpha value is -2.22. The van der Waals surface area contributed by atoms with Gasteiger partial charge in [0.25, 0.3) is 0 Å². The summed E-state index contributed by atoms with van der Waals surface area (Å²) in [5.74, 6) is 0. The van der Waals surface area contributed by atoms with Gasteiger partial charge in [-0.3, -0.25) is 4.98 Å². The van der Waals surface area contributed by atoms with Crippen LogP contribution < -0.4 is 5.32 Å². The molecule has 0 saturated carbocycles. The maximum atomic E-state index is 9.30. The molecule has 2 aromatic heterocycles. The number of nitrogens with one attached hydrogen (secondary N) is 1. The van der Waals surface area contributed by atoms with Crippen LogP contribution in [0.2, 0.25) is 10.2 Å². The van der Waals surface area contributed by atoms with Crippen LogP contribution in [0.5, 0.6) is 0 Å². The van der Waals surface area contributed by atoms with Crippen LogP contribution in [0.15, 0.2) is 36.5 Å². The zero-order valence-corrected chi connectivity index (χ0v) is 13.3. The van der Waals surface area contributed by atoms with Crippen LogP contribution in [0.1, 0.15) is 11.3 Å².